The summed E-state index contributed by atoms with van der Waals surface area (Å²) in [7, 11) is -2.05. The Kier molecular flexibility index (Phi) is 4.61. The Bertz CT molecular complexity index is 599. The second kappa shape index (κ2) is 6.23. The Morgan fingerprint density at radius 2 is 2.20 bits per heavy atom. The third-order valence-corrected chi connectivity index (χ3v) is 4.81. The van der Waals surface area contributed by atoms with E-state index in [9.17, 15) is 13.2 Å². The maximum absolute atomic E-state index is 12.3. The van der Waals surface area contributed by atoms with E-state index in [1.807, 2.05) is 6.07 Å². The van der Waals surface area contributed by atoms with E-state index in [1.165, 1.54) is 7.05 Å². The van der Waals surface area contributed by atoms with E-state index < -0.39 is 10.0 Å². The van der Waals surface area contributed by atoms with Crippen molar-refractivity contribution in [3.63, 3.8) is 0 Å². The molecule has 0 fully saturated rings. The van der Waals surface area contributed by atoms with Crippen molar-refractivity contribution in [3.05, 3.63) is 23.8 Å². The van der Waals surface area contributed by atoms with E-state index >= 15 is 0 Å². The van der Waals surface area contributed by atoms with Gasteiger partial charge in [-0.3, -0.25) is 4.79 Å². The lowest BCUT2D eigenvalue weighted by molar-refractivity contribution is -0.120. The van der Waals surface area contributed by atoms with Crippen molar-refractivity contribution in [1.29, 1.82) is 0 Å². The number of hydrogen-bond acceptors (Lipinski definition) is 4. The van der Waals surface area contributed by atoms with Crippen LogP contribution in [0.15, 0.2) is 23.1 Å². The number of amides is 1. The van der Waals surface area contributed by atoms with Gasteiger partial charge < -0.3 is 10.6 Å². The lowest BCUT2D eigenvalue weighted by Crippen LogP contribution is -2.30. The molecule has 0 unspecified atom stereocenters. The maximum Gasteiger partial charge on any atom is 0.240 e. The predicted molar refractivity (Wildman–Crippen MR) is 77.1 cm³/mol. The molecular formula is C13H19N3O3S. The molecule has 0 saturated carbocycles. The highest BCUT2D eigenvalue weighted by atomic mass is 32.2. The monoisotopic (exact) mass is 297 g/mol. The van der Waals surface area contributed by atoms with Gasteiger partial charge in [-0.1, -0.05) is 6.07 Å². The molecule has 0 aromatic heterocycles. The highest BCUT2D eigenvalue weighted by molar-refractivity contribution is 7.89. The van der Waals surface area contributed by atoms with Crippen molar-refractivity contribution in [3.8, 4) is 0 Å². The molecule has 0 atom stereocenters. The van der Waals surface area contributed by atoms with Crippen molar-refractivity contribution in [2.24, 2.45) is 0 Å². The van der Waals surface area contributed by atoms with Gasteiger partial charge in [0.25, 0.3) is 0 Å². The first-order valence-electron chi connectivity index (χ1n) is 6.60. The zero-order valence-corrected chi connectivity index (χ0v) is 12.2. The predicted octanol–water partition coefficient (Wildman–Crippen LogP) is 0.459. The molecule has 0 spiro atoms. The number of fused-ring (bicyclic) bond motifs is 1. The molecule has 0 bridgehead atoms. The van der Waals surface area contributed by atoms with E-state index in [1.54, 1.807) is 12.1 Å². The standard InChI is InChI=1S/C13H19N3O3S/c1-14-13(17)7-9-16-20(18,19)12-6-2-5-11-10(12)4-3-8-15-11/h2,5-6,15-16H,3-4,7-9H2,1H3,(H,14,17). The van der Waals surface area contributed by atoms with Gasteiger partial charge in [-0.2, -0.15) is 0 Å². The first-order valence-corrected chi connectivity index (χ1v) is 8.09. The van der Waals surface area contributed by atoms with Gasteiger partial charge in [0.15, 0.2) is 0 Å². The van der Waals surface area contributed by atoms with E-state index in [-0.39, 0.29) is 18.9 Å². The average Bonchev–Trinajstić information content (AvgIpc) is 2.46. The lowest BCUT2D eigenvalue weighted by Gasteiger charge is -2.20. The average molecular weight is 297 g/mol. The Balaban J connectivity index is 2.15. The fourth-order valence-electron chi connectivity index (χ4n) is 2.23. The summed E-state index contributed by atoms with van der Waals surface area (Å²) < 4.78 is 27.1. The van der Waals surface area contributed by atoms with E-state index in [4.69, 9.17) is 0 Å². The largest absolute Gasteiger partial charge is 0.385 e. The number of rotatable bonds is 5. The van der Waals surface area contributed by atoms with Crippen LogP contribution in [0, 0.1) is 0 Å². The van der Waals surface area contributed by atoms with Crippen LogP contribution in [0.3, 0.4) is 0 Å². The number of hydrogen-bond donors (Lipinski definition) is 3. The summed E-state index contributed by atoms with van der Waals surface area (Å²) in [6.07, 6.45) is 1.79. The van der Waals surface area contributed by atoms with Gasteiger partial charge in [0, 0.05) is 32.2 Å². The molecule has 1 amide bonds. The molecule has 0 aliphatic carbocycles. The minimum absolute atomic E-state index is 0.0963. The van der Waals surface area contributed by atoms with Crippen LogP contribution in [-0.4, -0.2) is 34.5 Å². The van der Waals surface area contributed by atoms with Gasteiger partial charge in [-0.15, -0.1) is 0 Å². The van der Waals surface area contributed by atoms with Crippen LogP contribution in [0.4, 0.5) is 5.69 Å². The van der Waals surface area contributed by atoms with Gasteiger partial charge in [0.1, 0.15) is 0 Å². The van der Waals surface area contributed by atoms with Gasteiger partial charge in [0.2, 0.25) is 15.9 Å². The molecule has 0 radical (unpaired) electrons. The zero-order valence-electron chi connectivity index (χ0n) is 11.4. The molecule has 1 aromatic rings. The fourth-order valence-corrected chi connectivity index (χ4v) is 3.55. The molecule has 2 rings (SSSR count). The van der Waals surface area contributed by atoms with Crippen molar-refractivity contribution in [1.82, 2.24) is 10.0 Å². The minimum atomic E-state index is -3.58. The summed E-state index contributed by atoms with van der Waals surface area (Å²) in [5.41, 5.74) is 1.71. The summed E-state index contributed by atoms with van der Waals surface area (Å²) >= 11 is 0. The second-order valence-corrected chi connectivity index (χ2v) is 6.37. The highest BCUT2D eigenvalue weighted by Crippen LogP contribution is 2.28. The van der Waals surface area contributed by atoms with Crippen LogP contribution in [-0.2, 0) is 21.2 Å². The van der Waals surface area contributed by atoms with Crippen LogP contribution in [0.25, 0.3) is 0 Å². The molecule has 20 heavy (non-hydrogen) atoms. The normalized spacial score (nSPS) is 14.2. The summed E-state index contributed by atoms with van der Waals surface area (Å²) in [5.74, 6) is -0.190. The number of carbonyl (C=O) groups is 1. The van der Waals surface area contributed by atoms with Crippen LogP contribution in [0.5, 0.6) is 0 Å². The van der Waals surface area contributed by atoms with E-state index in [2.05, 4.69) is 15.4 Å². The van der Waals surface area contributed by atoms with E-state index in [0.717, 1.165) is 30.6 Å². The summed E-state index contributed by atoms with van der Waals surface area (Å²) in [6.45, 7) is 0.958. The molecule has 0 saturated heterocycles. The molecule has 3 N–H and O–H groups in total. The number of anilines is 1. The Morgan fingerprint density at radius 3 is 2.95 bits per heavy atom. The smallest absolute Gasteiger partial charge is 0.240 e. The van der Waals surface area contributed by atoms with Gasteiger partial charge >= 0.3 is 0 Å². The molecule has 110 valence electrons. The Hall–Kier alpha value is -1.60. The number of carbonyl (C=O) groups excluding carboxylic acids is 1. The maximum atomic E-state index is 12.3. The van der Waals surface area contributed by atoms with Crippen molar-refractivity contribution < 1.29 is 13.2 Å². The summed E-state index contributed by atoms with van der Waals surface area (Å²) in [4.78, 5) is 11.4. The van der Waals surface area contributed by atoms with Gasteiger partial charge in [0.05, 0.1) is 4.90 Å². The molecular weight excluding hydrogens is 278 g/mol. The zero-order chi connectivity index (χ0) is 14.6. The van der Waals surface area contributed by atoms with Crippen molar-refractivity contribution in [2.75, 3.05) is 25.5 Å². The molecule has 1 aliphatic rings. The number of benzene rings is 1. The Labute approximate surface area is 119 Å². The number of nitrogens with one attached hydrogen (secondary N) is 3. The molecule has 6 nitrogen and oxygen atoms in total. The Morgan fingerprint density at radius 1 is 1.40 bits per heavy atom. The minimum Gasteiger partial charge on any atom is -0.385 e. The first-order chi connectivity index (χ1) is 9.54. The van der Waals surface area contributed by atoms with Gasteiger partial charge in [-0.25, -0.2) is 13.1 Å². The SMILES string of the molecule is CNC(=O)CCNS(=O)(=O)c1cccc2c1CCCN2. The quantitative estimate of drug-likeness (QED) is 0.737. The lowest BCUT2D eigenvalue weighted by atomic mass is 10.0. The van der Waals surface area contributed by atoms with Gasteiger partial charge in [-0.05, 0) is 30.5 Å². The fraction of sp³-hybridized carbons (Fsp3) is 0.462. The van der Waals surface area contributed by atoms with E-state index in [0.29, 0.717) is 4.90 Å². The highest BCUT2D eigenvalue weighted by Gasteiger charge is 2.22. The van der Waals surface area contributed by atoms with Crippen LogP contribution < -0.4 is 15.4 Å². The number of sulfonamides is 1. The third-order valence-electron chi connectivity index (χ3n) is 3.26. The second-order valence-electron chi connectivity index (χ2n) is 4.63. The topological polar surface area (TPSA) is 87.3 Å². The summed E-state index contributed by atoms with van der Waals surface area (Å²) in [6, 6.07) is 5.22. The van der Waals surface area contributed by atoms with Crippen LogP contribution in [0.2, 0.25) is 0 Å². The summed E-state index contributed by atoms with van der Waals surface area (Å²) in [5, 5.41) is 5.66. The molecule has 1 aliphatic heterocycles. The van der Waals surface area contributed by atoms with Crippen molar-refractivity contribution in [2.45, 2.75) is 24.2 Å². The van der Waals surface area contributed by atoms with Crippen LogP contribution >= 0.6 is 0 Å². The van der Waals surface area contributed by atoms with Crippen LogP contribution in [0.1, 0.15) is 18.4 Å². The third kappa shape index (κ3) is 3.29. The van der Waals surface area contributed by atoms with Crippen molar-refractivity contribution >= 4 is 21.6 Å². The first kappa shape index (κ1) is 14.8. The molecule has 1 aromatic carbocycles. The molecule has 7 heteroatoms. The molecule has 1 heterocycles.